The predicted molar refractivity (Wildman–Crippen MR) is 155 cm³/mol. The number of nitro benzene ring substituents is 1. The van der Waals surface area contributed by atoms with Crippen molar-refractivity contribution < 1.29 is 27.7 Å². The van der Waals surface area contributed by atoms with Crippen molar-refractivity contribution in [3.8, 4) is 5.75 Å². The zero-order valence-electron chi connectivity index (χ0n) is 22.5. The molecule has 0 saturated carbocycles. The van der Waals surface area contributed by atoms with Crippen LogP contribution in [0.15, 0.2) is 65.6 Å². The zero-order valence-corrected chi connectivity index (χ0v) is 24.1. The summed E-state index contributed by atoms with van der Waals surface area (Å²) in [5, 5.41) is 14.4. The third kappa shape index (κ3) is 6.60. The van der Waals surface area contributed by atoms with Crippen LogP contribution in [-0.4, -0.2) is 56.8 Å². The summed E-state index contributed by atoms with van der Waals surface area (Å²) < 4.78 is 34.0. The first-order valence-electron chi connectivity index (χ1n) is 12.8. The second kappa shape index (κ2) is 12.6. The lowest BCUT2D eigenvalue weighted by Crippen LogP contribution is -2.39. The number of rotatable bonds is 9. The number of carbonyl (C=O) groups is 2. The van der Waals surface area contributed by atoms with Crippen LogP contribution in [0.1, 0.15) is 35.2 Å². The number of carbonyl (C=O) groups excluding carboxylic acids is 2. The van der Waals surface area contributed by atoms with E-state index in [-0.39, 0.29) is 39.2 Å². The summed E-state index contributed by atoms with van der Waals surface area (Å²) in [7, 11) is -3.22. The van der Waals surface area contributed by atoms with Crippen LogP contribution in [0.4, 0.5) is 17.1 Å². The Hall–Kier alpha value is -4.16. The molecule has 0 spiro atoms. The van der Waals surface area contributed by atoms with Crippen molar-refractivity contribution in [2.45, 2.75) is 31.1 Å². The molecule has 0 atom stereocenters. The normalized spacial score (nSPS) is 13.4. The van der Waals surface area contributed by atoms with Gasteiger partial charge in [-0.3, -0.25) is 24.0 Å². The Morgan fingerprint density at radius 2 is 1.78 bits per heavy atom. The summed E-state index contributed by atoms with van der Waals surface area (Å²) >= 11 is 6.19. The van der Waals surface area contributed by atoms with E-state index in [1.54, 1.807) is 29.2 Å². The number of para-hydroxylation sites is 1. The first kappa shape index (κ1) is 29.8. The predicted octanol–water partition coefficient (Wildman–Crippen LogP) is 5.03. The molecule has 1 saturated heterocycles. The second-order valence-electron chi connectivity index (χ2n) is 9.48. The van der Waals surface area contributed by atoms with Crippen molar-refractivity contribution in [3.05, 3.63) is 86.9 Å². The number of nitrogens with one attached hydrogen (secondary N) is 1. The molecule has 13 heteroatoms. The SMILES string of the molecule is COc1ccc(Cl)cc1N(CC(=O)Nc1ccccc1C(=O)N1CCCCC1)S(=O)(=O)c1ccc(C)c([N+](=O)[O-])c1. The molecule has 1 heterocycles. The first-order valence-corrected chi connectivity index (χ1v) is 14.6. The number of amides is 2. The fourth-order valence-corrected chi connectivity index (χ4v) is 6.21. The van der Waals surface area contributed by atoms with Crippen LogP contribution in [0.3, 0.4) is 0 Å². The zero-order chi connectivity index (χ0) is 29.7. The van der Waals surface area contributed by atoms with Gasteiger partial charge in [0.15, 0.2) is 0 Å². The highest BCUT2D eigenvalue weighted by atomic mass is 35.5. The van der Waals surface area contributed by atoms with Crippen molar-refractivity contribution in [2.75, 3.05) is 36.4 Å². The van der Waals surface area contributed by atoms with Gasteiger partial charge >= 0.3 is 0 Å². The van der Waals surface area contributed by atoms with Crippen molar-refractivity contribution in [2.24, 2.45) is 0 Å². The molecule has 216 valence electrons. The number of halogens is 1. The first-order chi connectivity index (χ1) is 19.5. The fourth-order valence-electron chi connectivity index (χ4n) is 4.60. The van der Waals surface area contributed by atoms with E-state index in [0.717, 1.165) is 29.6 Å². The summed E-state index contributed by atoms with van der Waals surface area (Å²) in [6, 6.07) is 14.3. The number of methoxy groups -OCH3 is 1. The van der Waals surface area contributed by atoms with Gasteiger partial charge in [0.1, 0.15) is 12.3 Å². The minimum atomic E-state index is -4.55. The minimum absolute atomic E-state index is 0.0453. The molecule has 0 aromatic heterocycles. The minimum Gasteiger partial charge on any atom is -0.495 e. The van der Waals surface area contributed by atoms with E-state index < -0.39 is 38.0 Å². The molecule has 41 heavy (non-hydrogen) atoms. The van der Waals surface area contributed by atoms with Gasteiger partial charge in [0, 0.05) is 29.7 Å². The number of nitro groups is 1. The van der Waals surface area contributed by atoms with Crippen molar-refractivity contribution >= 4 is 50.5 Å². The van der Waals surface area contributed by atoms with E-state index in [0.29, 0.717) is 13.1 Å². The van der Waals surface area contributed by atoms with E-state index in [1.807, 2.05) is 0 Å². The maximum absolute atomic E-state index is 13.9. The molecular weight excluding hydrogens is 572 g/mol. The highest BCUT2D eigenvalue weighted by Crippen LogP contribution is 2.36. The van der Waals surface area contributed by atoms with Crippen molar-refractivity contribution in [3.63, 3.8) is 0 Å². The number of benzene rings is 3. The molecule has 0 unspecified atom stereocenters. The number of sulfonamides is 1. The summed E-state index contributed by atoms with van der Waals surface area (Å²) in [5.41, 5.74) is 0.351. The van der Waals surface area contributed by atoms with Gasteiger partial charge in [-0.2, -0.15) is 0 Å². The Balaban J connectivity index is 1.72. The average molecular weight is 601 g/mol. The number of hydrogen-bond acceptors (Lipinski definition) is 7. The quantitative estimate of drug-likeness (QED) is 0.268. The van der Waals surface area contributed by atoms with Gasteiger partial charge in [-0.05, 0) is 62.6 Å². The number of anilines is 2. The van der Waals surface area contributed by atoms with Crippen molar-refractivity contribution in [1.29, 1.82) is 0 Å². The molecule has 2 amide bonds. The van der Waals surface area contributed by atoms with Gasteiger partial charge in [0.05, 0.1) is 33.9 Å². The maximum atomic E-state index is 13.9. The van der Waals surface area contributed by atoms with Gasteiger partial charge < -0.3 is 15.0 Å². The third-order valence-electron chi connectivity index (χ3n) is 6.74. The van der Waals surface area contributed by atoms with Crippen LogP contribution in [0, 0.1) is 17.0 Å². The van der Waals surface area contributed by atoms with Gasteiger partial charge in [0.2, 0.25) is 5.91 Å². The Kier molecular flexibility index (Phi) is 9.14. The van der Waals surface area contributed by atoms with Crippen LogP contribution >= 0.6 is 11.6 Å². The fraction of sp³-hybridized carbons (Fsp3) is 0.286. The Morgan fingerprint density at radius 1 is 1.07 bits per heavy atom. The number of nitrogens with zero attached hydrogens (tertiary/aromatic N) is 3. The van der Waals surface area contributed by atoms with Gasteiger partial charge in [-0.1, -0.05) is 29.8 Å². The lowest BCUT2D eigenvalue weighted by atomic mass is 10.1. The number of ether oxygens (including phenoxy) is 1. The number of likely N-dealkylation sites (tertiary alicyclic amines) is 1. The third-order valence-corrected chi connectivity index (χ3v) is 8.73. The van der Waals surface area contributed by atoms with Crippen LogP contribution in [0.2, 0.25) is 5.02 Å². The van der Waals surface area contributed by atoms with Gasteiger partial charge in [-0.25, -0.2) is 8.42 Å². The van der Waals surface area contributed by atoms with Crippen LogP contribution in [-0.2, 0) is 14.8 Å². The average Bonchev–Trinajstić information content (AvgIpc) is 2.96. The summed E-state index contributed by atoms with van der Waals surface area (Å²) in [5.74, 6) is -0.877. The molecule has 3 aromatic rings. The lowest BCUT2D eigenvalue weighted by Gasteiger charge is -2.28. The number of piperidine rings is 1. The Labute approximate surface area is 242 Å². The standard InChI is InChI=1S/C28H29ClN4O7S/c1-19-10-12-21(17-24(19)33(36)37)41(38,39)32(25-16-20(29)11-13-26(25)40-2)18-27(34)30-23-9-5-4-8-22(23)28(35)31-14-6-3-7-15-31/h4-5,8-13,16-17H,3,6-7,14-15,18H2,1-2H3,(H,30,34). The lowest BCUT2D eigenvalue weighted by molar-refractivity contribution is -0.385. The molecule has 1 N–H and O–H groups in total. The highest BCUT2D eigenvalue weighted by Gasteiger charge is 2.32. The van der Waals surface area contributed by atoms with E-state index in [9.17, 15) is 28.1 Å². The molecule has 4 rings (SSSR count). The summed E-state index contributed by atoms with van der Waals surface area (Å²) in [6.45, 7) is 1.98. The molecule has 1 aliphatic heterocycles. The number of aryl methyl sites for hydroxylation is 1. The van der Waals surface area contributed by atoms with Gasteiger partial charge in [0.25, 0.3) is 21.6 Å². The smallest absolute Gasteiger partial charge is 0.273 e. The molecule has 1 fully saturated rings. The molecule has 3 aromatic carbocycles. The Bertz CT molecular complexity index is 1590. The largest absolute Gasteiger partial charge is 0.495 e. The van der Waals surface area contributed by atoms with E-state index >= 15 is 0 Å². The number of hydrogen-bond donors (Lipinski definition) is 1. The Morgan fingerprint density at radius 3 is 2.46 bits per heavy atom. The monoisotopic (exact) mass is 600 g/mol. The van der Waals surface area contributed by atoms with E-state index in [4.69, 9.17) is 16.3 Å². The molecular formula is C28H29ClN4O7S. The molecule has 0 bridgehead atoms. The maximum Gasteiger partial charge on any atom is 0.273 e. The van der Waals surface area contributed by atoms with Crippen LogP contribution in [0.25, 0.3) is 0 Å². The van der Waals surface area contributed by atoms with Gasteiger partial charge in [-0.15, -0.1) is 0 Å². The second-order valence-corrected chi connectivity index (χ2v) is 11.8. The molecule has 1 aliphatic rings. The summed E-state index contributed by atoms with van der Waals surface area (Å²) in [4.78, 5) is 38.8. The molecule has 11 nitrogen and oxygen atoms in total. The van der Waals surface area contributed by atoms with Crippen molar-refractivity contribution in [1.82, 2.24) is 4.90 Å². The molecule has 0 radical (unpaired) electrons. The molecule has 0 aliphatic carbocycles. The van der Waals surface area contributed by atoms with E-state index in [1.165, 1.54) is 44.4 Å². The van der Waals surface area contributed by atoms with E-state index in [2.05, 4.69) is 5.32 Å². The highest BCUT2D eigenvalue weighted by molar-refractivity contribution is 7.92. The topological polar surface area (TPSA) is 139 Å². The summed E-state index contributed by atoms with van der Waals surface area (Å²) in [6.07, 6.45) is 2.83. The van der Waals surface area contributed by atoms with Crippen LogP contribution in [0.5, 0.6) is 5.75 Å². The van der Waals surface area contributed by atoms with Crippen LogP contribution < -0.4 is 14.4 Å².